The van der Waals surface area contributed by atoms with E-state index in [0.717, 1.165) is 11.3 Å². The zero-order valence-corrected chi connectivity index (χ0v) is 15.1. The SMILES string of the molecule is CC1=C2C=C(c3csc(NC(=O)C(N)c4ccc(Cl)cc4)n3)C=CC12. The van der Waals surface area contributed by atoms with Gasteiger partial charge in [0.25, 0.3) is 0 Å². The fourth-order valence-electron chi connectivity index (χ4n) is 2.87. The molecular formula is C19H16ClN3OS. The van der Waals surface area contributed by atoms with Crippen LogP contribution in [-0.4, -0.2) is 10.9 Å². The molecule has 0 saturated heterocycles. The fraction of sp³-hybridized carbons (Fsp3) is 0.158. The summed E-state index contributed by atoms with van der Waals surface area (Å²) in [7, 11) is 0. The number of benzene rings is 1. The van der Waals surface area contributed by atoms with Crippen molar-refractivity contribution in [2.75, 3.05) is 5.32 Å². The van der Waals surface area contributed by atoms with Crippen molar-refractivity contribution in [1.82, 2.24) is 4.98 Å². The number of carbonyl (C=O) groups is 1. The number of carbonyl (C=O) groups excluding carboxylic acids is 1. The average molecular weight is 370 g/mol. The first kappa shape index (κ1) is 16.3. The summed E-state index contributed by atoms with van der Waals surface area (Å²) in [6.07, 6.45) is 6.44. The Bertz CT molecular complexity index is 940. The van der Waals surface area contributed by atoms with Gasteiger partial charge in [-0.3, -0.25) is 4.79 Å². The van der Waals surface area contributed by atoms with Gasteiger partial charge in [0.05, 0.1) is 5.69 Å². The topological polar surface area (TPSA) is 68.0 Å². The van der Waals surface area contributed by atoms with Crippen LogP contribution in [0.1, 0.15) is 24.2 Å². The van der Waals surface area contributed by atoms with Crippen molar-refractivity contribution in [3.8, 4) is 0 Å². The summed E-state index contributed by atoms with van der Waals surface area (Å²) in [5, 5.41) is 5.89. The summed E-state index contributed by atoms with van der Waals surface area (Å²) < 4.78 is 0. The van der Waals surface area contributed by atoms with Crippen molar-refractivity contribution >= 4 is 39.5 Å². The zero-order valence-electron chi connectivity index (χ0n) is 13.5. The molecule has 0 bridgehead atoms. The Hall–Kier alpha value is -2.21. The standard InChI is InChI=1S/C19H16ClN3OS/c1-10-14-7-4-12(8-15(10)14)16-9-25-19(22-16)23-18(24)17(21)11-2-5-13(20)6-3-11/h2-9,14,17H,21H2,1H3,(H,22,23,24). The van der Waals surface area contributed by atoms with Gasteiger partial charge in [-0.2, -0.15) is 0 Å². The predicted octanol–water partition coefficient (Wildman–Crippen LogP) is 4.33. The number of nitrogens with two attached hydrogens (primary N) is 1. The average Bonchev–Trinajstić information content (AvgIpc) is 3.04. The molecule has 1 heterocycles. The zero-order chi connectivity index (χ0) is 17.6. The second-order valence-electron chi connectivity index (χ2n) is 6.13. The van der Waals surface area contributed by atoms with Crippen LogP contribution in [0, 0.1) is 5.92 Å². The lowest BCUT2D eigenvalue weighted by Crippen LogP contribution is -2.27. The Morgan fingerprint density at radius 3 is 2.84 bits per heavy atom. The molecule has 25 heavy (non-hydrogen) atoms. The van der Waals surface area contributed by atoms with Crippen LogP contribution in [0.25, 0.3) is 5.57 Å². The number of rotatable bonds is 4. The molecule has 1 aromatic heterocycles. The minimum Gasteiger partial charge on any atom is -0.316 e. The molecule has 2 aliphatic carbocycles. The molecule has 2 unspecified atom stereocenters. The van der Waals surface area contributed by atoms with Gasteiger partial charge in [0.15, 0.2) is 5.13 Å². The molecule has 1 aromatic carbocycles. The summed E-state index contributed by atoms with van der Waals surface area (Å²) in [5.41, 5.74) is 11.5. The van der Waals surface area contributed by atoms with Crippen LogP contribution in [0.4, 0.5) is 5.13 Å². The number of hydrogen-bond donors (Lipinski definition) is 2. The van der Waals surface area contributed by atoms with Crippen LogP contribution < -0.4 is 11.1 Å². The highest BCUT2D eigenvalue weighted by molar-refractivity contribution is 7.14. The van der Waals surface area contributed by atoms with E-state index in [-0.39, 0.29) is 5.91 Å². The Kier molecular flexibility index (Phi) is 4.07. The van der Waals surface area contributed by atoms with Crippen LogP contribution in [0.2, 0.25) is 5.02 Å². The van der Waals surface area contributed by atoms with E-state index in [1.165, 1.54) is 22.5 Å². The maximum Gasteiger partial charge on any atom is 0.247 e. The molecule has 0 saturated carbocycles. The number of aromatic nitrogens is 1. The lowest BCUT2D eigenvalue weighted by molar-refractivity contribution is -0.117. The van der Waals surface area contributed by atoms with Crippen LogP contribution >= 0.6 is 22.9 Å². The number of amides is 1. The number of nitrogens with zero attached hydrogens (tertiary/aromatic N) is 1. The molecule has 2 atom stereocenters. The summed E-state index contributed by atoms with van der Waals surface area (Å²) in [6, 6.07) is 6.17. The first-order chi connectivity index (χ1) is 12.0. The normalized spacial score (nSPS) is 19.3. The highest BCUT2D eigenvalue weighted by Gasteiger charge is 2.31. The molecular weight excluding hydrogens is 354 g/mol. The molecule has 6 heteroatoms. The number of thiazole rings is 1. The summed E-state index contributed by atoms with van der Waals surface area (Å²) in [6.45, 7) is 2.15. The molecule has 0 spiro atoms. The summed E-state index contributed by atoms with van der Waals surface area (Å²) in [5.74, 6) is 0.233. The third kappa shape index (κ3) is 3.18. The van der Waals surface area contributed by atoms with Gasteiger partial charge in [-0.15, -0.1) is 11.3 Å². The van der Waals surface area contributed by atoms with Crippen molar-refractivity contribution in [2.24, 2.45) is 11.7 Å². The number of allylic oxidation sites excluding steroid dienone is 6. The summed E-state index contributed by atoms with van der Waals surface area (Å²) in [4.78, 5) is 16.9. The molecule has 126 valence electrons. The Balaban J connectivity index is 1.46. The van der Waals surface area contributed by atoms with Crippen molar-refractivity contribution in [3.05, 3.63) is 75.3 Å². The maximum absolute atomic E-state index is 12.3. The van der Waals surface area contributed by atoms with Crippen molar-refractivity contribution in [2.45, 2.75) is 13.0 Å². The molecule has 0 radical (unpaired) electrons. The molecule has 0 aliphatic heterocycles. The Labute approximate surface area is 154 Å². The number of nitrogens with one attached hydrogen (secondary N) is 1. The minimum atomic E-state index is -0.765. The number of anilines is 1. The summed E-state index contributed by atoms with van der Waals surface area (Å²) >= 11 is 7.25. The first-order valence-corrected chi connectivity index (χ1v) is 9.17. The number of fused-ring (bicyclic) bond motifs is 1. The molecule has 2 aromatic rings. The first-order valence-electron chi connectivity index (χ1n) is 7.91. The van der Waals surface area contributed by atoms with Crippen LogP contribution in [0.5, 0.6) is 0 Å². The van der Waals surface area contributed by atoms with Crippen LogP contribution in [-0.2, 0) is 4.79 Å². The quantitative estimate of drug-likeness (QED) is 0.842. The molecule has 4 nitrogen and oxygen atoms in total. The minimum absolute atomic E-state index is 0.294. The largest absolute Gasteiger partial charge is 0.316 e. The highest BCUT2D eigenvalue weighted by atomic mass is 35.5. The van der Waals surface area contributed by atoms with E-state index in [0.29, 0.717) is 21.6 Å². The molecule has 2 aliphatic rings. The molecule has 4 rings (SSSR count). The monoisotopic (exact) mass is 369 g/mol. The lowest BCUT2D eigenvalue weighted by Gasteiger charge is -2.11. The van der Waals surface area contributed by atoms with Crippen LogP contribution in [0.3, 0.4) is 0 Å². The van der Waals surface area contributed by atoms with E-state index in [2.05, 4.69) is 35.5 Å². The molecule has 0 fully saturated rings. The second-order valence-corrected chi connectivity index (χ2v) is 7.43. The van der Waals surface area contributed by atoms with Gasteiger partial charge >= 0.3 is 0 Å². The van der Waals surface area contributed by atoms with Gasteiger partial charge in [0.2, 0.25) is 5.91 Å². The molecule has 1 amide bonds. The van der Waals surface area contributed by atoms with Crippen molar-refractivity contribution in [1.29, 1.82) is 0 Å². The highest BCUT2D eigenvalue weighted by Crippen LogP contribution is 2.45. The smallest absolute Gasteiger partial charge is 0.247 e. The van der Waals surface area contributed by atoms with Crippen molar-refractivity contribution in [3.63, 3.8) is 0 Å². The van der Waals surface area contributed by atoms with Gasteiger partial charge in [-0.05, 0) is 36.3 Å². The van der Waals surface area contributed by atoms with Gasteiger partial charge < -0.3 is 11.1 Å². The van der Waals surface area contributed by atoms with Gasteiger partial charge in [-0.25, -0.2) is 4.98 Å². The molecule has 3 N–H and O–H groups in total. The second kappa shape index (κ2) is 6.26. The van der Waals surface area contributed by atoms with Gasteiger partial charge in [0.1, 0.15) is 6.04 Å². The number of hydrogen-bond acceptors (Lipinski definition) is 4. The van der Waals surface area contributed by atoms with Crippen LogP contribution in [0.15, 0.2) is 59.0 Å². The predicted molar refractivity (Wildman–Crippen MR) is 102 cm³/mol. The van der Waals surface area contributed by atoms with Gasteiger partial charge in [0, 0.05) is 21.9 Å². The lowest BCUT2D eigenvalue weighted by atomic mass is 10.0. The van der Waals surface area contributed by atoms with E-state index in [1.807, 2.05) is 5.38 Å². The number of halogens is 1. The van der Waals surface area contributed by atoms with E-state index in [4.69, 9.17) is 17.3 Å². The Morgan fingerprint density at radius 1 is 1.36 bits per heavy atom. The van der Waals surface area contributed by atoms with E-state index in [9.17, 15) is 4.79 Å². The maximum atomic E-state index is 12.3. The van der Waals surface area contributed by atoms with Crippen molar-refractivity contribution < 1.29 is 4.79 Å². The van der Waals surface area contributed by atoms with Gasteiger partial charge in [-0.1, -0.05) is 41.5 Å². The van der Waals surface area contributed by atoms with E-state index < -0.39 is 6.04 Å². The Morgan fingerprint density at radius 2 is 2.12 bits per heavy atom. The van der Waals surface area contributed by atoms with E-state index in [1.54, 1.807) is 24.3 Å². The fourth-order valence-corrected chi connectivity index (χ4v) is 3.72. The third-order valence-corrected chi connectivity index (χ3v) is 5.50. The third-order valence-electron chi connectivity index (χ3n) is 4.49. The van der Waals surface area contributed by atoms with E-state index >= 15 is 0 Å².